The van der Waals surface area contributed by atoms with E-state index in [0.29, 0.717) is 5.56 Å². The van der Waals surface area contributed by atoms with Gasteiger partial charge in [0.2, 0.25) is 0 Å². The quantitative estimate of drug-likeness (QED) is 0.113. The molecule has 11 aromatic rings. The molecule has 0 radical (unpaired) electrons. The summed E-state index contributed by atoms with van der Waals surface area (Å²) in [6.45, 7) is 0. The smallest absolute Gasteiger partial charge is 0.179 e. The molecule has 278 valence electrons. The molecule has 2 nitrogen and oxygen atoms in total. The Kier molecular flexibility index (Phi) is 7.30. The van der Waals surface area contributed by atoms with Gasteiger partial charge < -0.3 is 9.32 Å². The maximum atomic E-state index is 8.68. The summed E-state index contributed by atoms with van der Waals surface area (Å²) in [7, 11) is -2.81. The van der Waals surface area contributed by atoms with Crippen molar-refractivity contribution >= 4 is 89.4 Å². The molecule has 0 amide bonds. The third-order valence-corrected chi connectivity index (χ3v) is 16.4. The molecule has 0 N–H and O–H groups in total. The Bertz CT molecular complexity index is 3440. The molecule has 0 aliphatic carbocycles. The highest BCUT2D eigenvalue weighted by molar-refractivity contribution is 7.20. The summed E-state index contributed by atoms with van der Waals surface area (Å²) in [5.74, 6) is 0. The lowest BCUT2D eigenvalue weighted by Crippen LogP contribution is -2.74. The maximum Gasteiger partial charge on any atom is 0.179 e. The number of hydrogen-bond acceptors (Lipinski definition) is 2. The first-order valence-electron chi connectivity index (χ1n) is 22.3. The van der Waals surface area contributed by atoms with Crippen molar-refractivity contribution in [2.24, 2.45) is 0 Å². The second kappa shape index (κ2) is 14.5. The molecule has 0 aliphatic rings. The van der Waals surface area contributed by atoms with Gasteiger partial charge in [0.15, 0.2) is 8.07 Å². The van der Waals surface area contributed by atoms with Gasteiger partial charge in [-0.15, -0.1) is 0 Å². The van der Waals surface area contributed by atoms with Gasteiger partial charge >= 0.3 is 0 Å². The van der Waals surface area contributed by atoms with Gasteiger partial charge in [-0.1, -0.05) is 188 Å². The average Bonchev–Trinajstić information content (AvgIpc) is 3.74. The second-order valence-electron chi connectivity index (χ2n) is 14.9. The normalized spacial score (nSPS) is 12.9. The van der Waals surface area contributed by atoms with Crippen LogP contribution in [-0.4, -0.2) is 8.07 Å². The lowest BCUT2D eigenvalue weighted by Gasteiger charge is -2.34. The van der Waals surface area contributed by atoms with Crippen LogP contribution in [0.3, 0.4) is 0 Å². The van der Waals surface area contributed by atoms with E-state index in [9.17, 15) is 0 Å². The number of rotatable bonds is 8. The average molecular weight is 775 g/mol. The van der Waals surface area contributed by atoms with Gasteiger partial charge in [0.25, 0.3) is 0 Å². The zero-order valence-electron chi connectivity index (χ0n) is 37.0. The molecule has 10 aromatic carbocycles. The first-order valence-corrected chi connectivity index (χ1v) is 21.8. The van der Waals surface area contributed by atoms with Crippen molar-refractivity contribution in [3.8, 4) is 11.1 Å². The Labute approximate surface area is 351 Å². The minimum absolute atomic E-state index is 0.170. The highest BCUT2D eigenvalue weighted by atomic mass is 28.3. The molecule has 0 bridgehead atoms. The molecule has 0 aliphatic heterocycles. The van der Waals surface area contributed by atoms with Crippen molar-refractivity contribution < 1.29 is 11.3 Å². The van der Waals surface area contributed by atoms with Crippen LogP contribution in [0.1, 0.15) is 6.85 Å². The lowest BCUT2D eigenvalue weighted by atomic mass is 10.0. The zero-order chi connectivity index (χ0) is 43.5. The third kappa shape index (κ3) is 5.94. The van der Waals surface area contributed by atoms with Crippen LogP contribution in [0.25, 0.3) is 54.6 Å². The van der Waals surface area contributed by atoms with Gasteiger partial charge in [0.05, 0.1) is 6.85 Å². The Balaban J connectivity index is 1.13. The Hall–Kier alpha value is -7.46. The Morgan fingerprint density at radius 3 is 1.61 bits per heavy atom. The van der Waals surface area contributed by atoms with E-state index in [1.165, 1.54) is 20.7 Å². The number of hydrogen-bond donors (Lipinski definition) is 0. The first-order chi connectivity index (χ1) is 31.3. The summed E-state index contributed by atoms with van der Waals surface area (Å²) < 4.78 is 48.7. The van der Waals surface area contributed by atoms with Gasteiger partial charge in [0.1, 0.15) is 11.2 Å². The molecule has 1 aromatic heterocycles. The van der Waals surface area contributed by atoms with E-state index < -0.39 is 14.1 Å². The van der Waals surface area contributed by atoms with Gasteiger partial charge in [-0.05, 0) is 96.6 Å². The second-order valence-corrected chi connectivity index (χ2v) is 18.7. The zero-order valence-corrected chi connectivity index (χ0v) is 33.0. The molecule has 0 saturated heterocycles. The lowest BCUT2D eigenvalue weighted by molar-refractivity contribution is 0.672. The maximum absolute atomic E-state index is 8.68. The van der Waals surface area contributed by atoms with E-state index in [2.05, 4.69) is 169 Å². The molecule has 0 atom stereocenters. The fourth-order valence-electron chi connectivity index (χ4n) is 8.92. The Morgan fingerprint density at radius 1 is 0.373 bits per heavy atom. The van der Waals surface area contributed by atoms with Crippen LogP contribution in [-0.2, 0) is 0 Å². The molecule has 0 spiro atoms. The van der Waals surface area contributed by atoms with Crippen molar-refractivity contribution in [3.63, 3.8) is 0 Å². The van der Waals surface area contributed by atoms with Crippen molar-refractivity contribution in [2.75, 3.05) is 4.90 Å². The van der Waals surface area contributed by atoms with Crippen LogP contribution >= 0.6 is 0 Å². The first kappa shape index (κ1) is 29.7. The minimum atomic E-state index is -2.81. The van der Waals surface area contributed by atoms with E-state index >= 15 is 0 Å². The highest BCUT2D eigenvalue weighted by Gasteiger charge is 2.41. The van der Waals surface area contributed by atoms with Crippen LogP contribution in [0.2, 0.25) is 0 Å². The summed E-state index contributed by atoms with van der Waals surface area (Å²) >= 11 is 0. The molecule has 0 saturated carbocycles. The summed E-state index contributed by atoms with van der Waals surface area (Å²) in [6, 6.07) is 71.2. The van der Waals surface area contributed by atoms with Gasteiger partial charge in [-0.3, -0.25) is 0 Å². The fraction of sp³-hybridized carbons (Fsp3) is 0. The topological polar surface area (TPSA) is 16.4 Å². The number of nitrogens with zero attached hydrogens (tertiary/aromatic N) is 1. The summed E-state index contributed by atoms with van der Waals surface area (Å²) in [4.78, 5) is 2.22. The number of para-hydroxylation sites is 1. The van der Waals surface area contributed by atoms with Gasteiger partial charge in [0, 0.05) is 33.2 Å². The van der Waals surface area contributed by atoms with E-state index in [1.807, 2.05) is 42.5 Å². The summed E-state index contributed by atoms with van der Waals surface area (Å²) in [6.07, 6.45) is 0. The molecule has 59 heavy (non-hydrogen) atoms. The van der Waals surface area contributed by atoms with Crippen molar-refractivity contribution in [2.45, 2.75) is 0 Å². The Morgan fingerprint density at radius 2 is 0.932 bits per heavy atom. The number of furan rings is 1. The van der Waals surface area contributed by atoms with E-state index in [0.717, 1.165) is 60.5 Å². The number of fused-ring (bicyclic) bond motifs is 6. The molecule has 11 rings (SSSR count). The van der Waals surface area contributed by atoms with Crippen LogP contribution in [0, 0.1) is 0 Å². The van der Waals surface area contributed by atoms with Crippen LogP contribution in [0.4, 0.5) is 17.1 Å². The van der Waals surface area contributed by atoms with E-state index in [-0.39, 0.29) is 29.7 Å². The largest absolute Gasteiger partial charge is 0.455 e. The van der Waals surface area contributed by atoms with Crippen molar-refractivity contribution in [1.29, 1.82) is 0 Å². The summed E-state index contributed by atoms with van der Waals surface area (Å²) in [5.41, 5.74) is 5.05. The monoisotopic (exact) mass is 774 g/mol. The van der Waals surface area contributed by atoms with E-state index in [1.54, 1.807) is 0 Å². The standard InChI is InChI=1S/C56H39NOSi/c1-5-15-40(16-6-1)41-25-31-45(32-26-41)57(47-34-28-43-30-36-53-52-23-13-14-24-55(52)58-56(53)54(43)39-47)46-33-27-42-29-35-51(38-44(42)37-46)59(48-17-7-2-8-18-48,49-19-9-3-10-20-49)50-21-11-4-12-22-50/h1-39H/i1D,5D,6D,15D,16D. The summed E-state index contributed by atoms with van der Waals surface area (Å²) in [5, 5.41) is 11.5. The molecular weight excluding hydrogens is 731 g/mol. The SMILES string of the molecule is [2H]c1c([2H])c([2H])c(-c2ccc(N(c3ccc4ccc([Si](c5ccccc5)(c5ccccc5)c5ccccc5)cc4c3)c3ccc4ccc5c6ccccc6oc5c4c3)cc2)c([2H])c1[2H]. The van der Waals surface area contributed by atoms with E-state index in [4.69, 9.17) is 11.3 Å². The molecule has 0 unspecified atom stereocenters. The predicted octanol–water partition coefficient (Wildman–Crippen LogP) is 12.4. The van der Waals surface area contributed by atoms with Crippen LogP contribution < -0.4 is 25.6 Å². The van der Waals surface area contributed by atoms with Crippen LogP contribution in [0.5, 0.6) is 0 Å². The van der Waals surface area contributed by atoms with Crippen molar-refractivity contribution in [3.05, 3.63) is 236 Å². The minimum Gasteiger partial charge on any atom is -0.455 e. The number of benzene rings is 10. The third-order valence-electron chi connectivity index (χ3n) is 11.7. The number of anilines is 3. The highest BCUT2D eigenvalue weighted by Crippen LogP contribution is 2.41. The van der Waals surface area contributed by atoms with Gasteiger partial charge in [-0.2, -0.15) is 0 Å². The van der Waals surface area contributed by atoms with Crippen LogP contribution in [0.15, 0.2) is 241 Å². The molecule has 3 heteroatoms. The predicted molar refractivity (Wildman–Crippen MR) is 252 cm³/mol. The molecule has 1 heterocycles. The fourth-order valence-corrected chi connectivity index (χ4v) is 13.7. The van der Waals surface area contributed by atoms with Gasteiger partial charge in [-0.25, -0.2) is 0 Å². The molecule has 0 fully saturated rings. The van der Waals surface area contributed by atoms with Crippen molar-refractivity contribution in [1.82, 2.24) is 0 Å². The molecular formula is C56H39NOSi.